The highest BCUT2D eigenvalue weighted by Crippen LogP contribution is 2.29. The molecule has 15 heavy (non-hydrogen) atoms. The lowest BCUT2D eigenvalue weighted by Crippen LogP contribution is -1.85. The molecule has 1 aromatic heterocycles. The summed E-state index contributed by atoms with van der Waals surface area (Å²) < 4.78 is 14.0. The molecule has 0 fully saturated rings. The zero-order valence-electron chi connectivity index (χ0n) is 8.79. The molecule has 0 nitrogen and oxygen atoms in total. The Morgan fingerprint density at radius 3 is 2.87 bits per heavy atom. The Morgan fingerprint density at radius 2 is 2.13 bits per heavy atom. The summed E-state index contributed by atoms with van der Waals surface area (Å²) in [6.07, 6.45) is 0. The van der Waals surface area contributed by atoms with Gasteiger partial charge in [-0.25, -0.2) is 4.39 Å². The highest BCUT2D eigenvalue weighted by atomic mass is 32.2. The first-order valence-corrected chi connectivity index (χ1v) is 6.81. The minimum atomic E-state index is -0.146. The van der Waals surface area contributed by atoms with Gasteiger partial charge >= 0.3 is 0 Å². The summed E-state index contributed by atoms with van der Waals surface area (Å²) in [5, 5.41) is 1.80. The molecule has 0 atom stereocenters. The van der Waals surface area contributed by atoms with E-state index in [4.69, 9.17) is 0 Å². The molecule has 1 heterocycles. The lowest BCUT2D eigenvalue weighted by Gasteiger charge is -2.00. The van der Waals surface area contributed by atoms with E-state index in [1.165, 1.54) is 10.9 Å². The maximum atomic E-state index is 13.0. The van der Waals surface area contributed by atoms with E-state index in [0.29, 0.717) is 5.25 Å². The first kappa shape index (κ1) is 11.0. The molecule has 0 aliphatic rings. The maximum Gasteiger partial charge on any atom is 0.124 e. The fourth-order valence-electron chi connectivity index (χ4n) is 1.38. The average Bonchev–Trinajstić information content (AvgIpc) is 2.56. The predicted octanol–water partition coefficient (Wildman–Crippen LogP) is 4.68. The van der Waals surface area contributed by atoms with Gasteiger partial charge in [0.15, 0.2) is 0 Å². The molecule has 0 aliphatic heterocycles. The number of rotatable bonds is 3. The van der Waals surface area contributed by atoms with Crippen LogP contribution in [0.15, 0.2) is 24.3 Å². The summed E-state index contributed by atoms with van der Waals surface area (Å²) >= 11 is 3.61. The summed E-state index contributed by atoms with van der Waals surface area (Å²) in [6.45, 7) is 4.38. The molecule has 0 N–H and O–H groups in total. The van der Waals surface area contributed by atoms with Crippen LogP contribution in [0.3, 0.4) is 0 Å². The summed E-state index contributed by atoms with van der Waals surface area (Å²) in [4.78, 5) is 1.33. The van der Waals surface area contributed by atoms with Crippen molar-refractivity contribution in [1.82, 2.24) is 0 Å². The SMILES string of the molecule is CC(C)SCc1cc2ccc(F)cc2s1. The highest BCUT2D eigenvalue weighted by molar-refractivity contribution is 7.99. The van der Waals surface area contributed by atoms with Gasteiger partial charge in [-0.1, -0.05) is 19.9 Å². The molecule has 0 aliphatic carbocycles. The van der Waals surface area contributed by atoms with Crippen molar-refractivity contribution in [2.24, 2.45) is 0 Å². The van der Waals surface area contributed by atoms with Gasteiger partial charge in [0.1, 0.15) is 5.82 Å². The van der Waals surface area contributed by atoms with Crippen molar-refractivity contribution in [1.29, 1.82) is 0 Å². The molecule has 2 aromatic rings. The molecule has 0 spiro atoms. The average molecular weight is 240 g/mol. The molecule has 0 amide bonds. The van der Waals surface area contributed by atoms with Crippen LogP contribution in [0.2, 0.25) is 0 Å². The molecule has 1 aromatic carbocycles. The van der Waals surface area contributed by atoms with E-state index in [1.54, 1.807) is 17.4 Å². The molecule has 0 saturated carbocycles. The van der Waals surface area contributed by atoms with Gasteiger partial charge in [-0.05, 0) is 28.8 Å². The zero-order chi connectivity index (χ0) is 10.8. The molecular formula is C12H13FS2. The van der Waals surface area contributed by atoms with Gasteiger partial charge in [-0.15, -0.1) is 11.3 Å². The largest absolute Gasteiger partial charge is 0.207 e. The lowest BCUT2D eigenvalue weighted by molar-refractivity contribution is 0.630. The monoisotopic (exact) mass is 240 g/mol. The molecular weight excluding hydrogens is 227 g/mol. The predicted molar refractivity (Wildman–Crippen MR) is 68.2 cm³/mol. The van der Waals surface area contributed by atoms with Crippen molar-refractivity contribution >= 4 is 33.2 Å². The number of halogens is 1. The third kappa shape index (κ3) is 2.73. The molecule has 0 saturated heterocycles. The Kier molecular flexibility index (Phi) is 3.32. The van der Waals surface area contributed by atoms with Crippen LogP contribution < -0.4 is 0 Å². The normalized spacial score (nSPS) is 11.5. The molecule has 3 heteroatoms. The molecule has 0 unspecified atom stereocenters. The van der Waals surface area contributed by atoms with Gasteiger partial charge in [0.05, 0.1) is 0 Å². The smallest absolute Gasteiger partial charge is 0.124 e. The summed E-state index contributed by atoms with van der Waals surface area (Å²) in [6, 6.07) is 7.15. The Morgan fingerprint density at radius 1 is 1.33 bits per heavy atom. The summed E-state index contributed by atoms with van der Waals surface area (Å²) in [5.74, 6) is 0.881. The fraction of sp³-hybridized carbons (Fsp3) is 0.333. The number of benzene rings is 1. The van der Waals surface area contributed by atoms with Gasteiger partial charge in [0.2, 0.25) is 0 Å². The van der Waals surface area contributed by atoms with E-state index in [-0.39, 0.29) is 5.82 Å². The van der Waals surface area contributed by atoms with E-state index in [1.807, 2.05) is 17.8 Å². The third-order valence-corrected chi connectivity index (χ3v) is 4.52. The van der Waals surface area contributed by atoms with Gasteiger partial charge in [-0.2, -0.15) is 11.8 Å². The number of fused-ring (bicyclic) bond motifs is 1. The topological polar surface area (TPSA) is 0 Å². The second-order valence-electron chi connectivity index (χ2n) is 3.75. The van der Waals surface area contributed by atoms with Crippen LogP contribution in [-0.2, 0) is 5.75 Å². The van der Waals surface area contributed by atoms with Crippen molar-refractivity contribution in [3.8, 4) is 0 Å². The second-order valence-corrected chi connectivity index (χ2v) is 6.49. The van der Waals surface area contributed by atoms with Crippen molar-refractivity contribution in [3.05, 3.63) is 35.0 Å². The first-order chi connectivity index (χ1) is 7.15. The highest BCUT2D eigenvalue weighted by Gasteiger charge is 2.04. The third-order valence-electron chi connectivity index (χ3n) is 2.09. The Labute approximate surface area is 97.5 Å². The number of hydrogen-bond acceptors (Lipinski definition) is 2. The van der Waals surface area contributed by atoms with E-state index >= 15 is 0 Å². The van der Waals surface area contributed by atoms with Crippen LogP contribution in [-0.4, -0.2) is 5.25 Å². The van der Waals surface area contributed by atoms with Crippen LogP contribution in [0.25, 0.3) is 10.1 Å². The Balaban J connectivity index is 2.23. The standard InChI is InChI=1S/C12H13FS2/c1-8(2)14-7-11-5-9-3-4-10(13)6-12(9)15-11/h3-6,8H,7H2,1-2H3. The van der Waals surface area contributed by atoms with E-state index in [2.05, 4.69) is 19.9 Å². The minimum Gasteiger partial charge on any atom is -0.207 e. The van der Waals surface area contributed by atoms with Crippen molar-refractivity contribution < 1.29 is 4.39 Å². The van der Waals surface area contributed by atoms with E-state index in [0.717, 1.165) is 15.8 Å². The quantitative estimate of drug-likeness (QED) is 0.750. The van der Waals surface area contributed by atoms with Gasteiger partial charge in [-0.3, -0.25) is 0 Å². The molecule has 80 valence electrons. The van der Waals surface area contributed by atoms with Crippen LogP contribution in [0.5, 0.6) is 0 Å². The summed E-state index contributed by atoms with van der Waals surface area (Å²) in [5.41, 5.74) is 0. The maximum absolute atomic E-state index is 13.0. The minimum absolute atomic E-state index is 0.146. The number of hydrogen-bond donors (Lipinski definition) is 0. The van der Waals surface area contributed by atoms with Crippen molar-refractivity contribution in [2.75, 3.05) is 0 Å². The Hall–Kier alpha value is -0.540. The van der Waals surface area contributed by atoms with Gasteiger partial charge in [0, 0.05) is 15.3 Å². The number of thioether (sulfide) groups is 1. The van der Waals surface area contributed by atoms with Crippen LogP contribution in [0, 0.1) is 5.82 Å². The second kappa shape index (κ2) is 4.54. The van der Waals surface area contributed by atoms with Gasteiger partial charge in [0.25, 0.3) is 0 Å². The van der Waals surface area contributed by atoms with E-state index in [9.17, 15) is 4.39 Å². The van der Waals surface area contributed by atoms with Gasteiger partial charge < -0.3 is 0 Å². The lowest BCUT2D eigenvalue weighted by atomic mass is 10.2. The first-order valence-electron chi connectivity index (χ1n) is 4.95. The number of thiophene rings is 1. The molecule has 0 bridgehead atoms. The van der Waals surface area contributed by atoms with Crippen molar-refractivity contribution in [3.63, 3.8) is 0 Å². The van der Waals surface area contributed by atoms with E-state index < -0.39 is 0 Å². The fourth-order valence-corrected chi connectivity index (χ4v) is 3.29. The van der Waals surface area contributed by atoms with Crippen LogP contribution >= 0.6 is 23.1 Å². The Bertz CT molecular complexity index is 460. The molecule has 2 rings (SSSR count). The van der Waals surface area contributed by atoms with Crippen LogP contribution in [0.1, 0.15) is 18.7 Å². The summed E-state index contributed by atoms with van der Waals surface area (Å²) in [7, 11) is 0. The zero-order valence-corrected chi connectivity index (χ0v) is 10.4. The molecule has 0 radical (unpaired) electrons. The van der Waals surface area contributed by atoms with Crippen LogP contribution in [0.4, 0.5) is 4.39 Å². The van der Waals surface area contributed by atoms with Crippen molar-refractivity contribution in [2.45, 2.75) is 24.9 Å².